The van der Waals surface area contributed by atoms with E-state index in [-0.39, 0.29) is 0 Å². The summed E-state index contributed by atoms with van der Waals surface area (Å²) in [6.45, 7) is 4.35. The van der Waals surface area contributed by atoms with Crippen molar-refractivity contribution in [3.8, 4) is 28.0 Å². The van der Waals surface area contributed by atoms with Crippen LogP contribution in [0.2, 0.25) is 0 Å². The summed E-state index contributed by atoms with van der Waals surface area (Å²) in [6, 6.07) is 33.0. The Morgan fingerprint density at radius 1 is 0.529 bits per heavy atom. The molecule has 0 spiro atoms. The molecular weight excluding hydrogens is 412 g/mol. The molecule has 2 saturated carbocycles. The van der Waals surface area contributed by atoms with E-state index in [1.807, 2.05) is 12.1 Å². The Labute approximate surface area is 203 Å². The standard InChI is InChI=1S/C33H32O/c1-21-5-3-7-24(13-21)26-15-27(25-8-4-6-22(2)14-25)17-28(16-26)33-20-29-18-30(33)19-32(29)23-9-11-31(34)12-10-23/h3-17,29-30,32-34H,18-20H2,1-2H3. The van der Waals surface area contributed by atoms with Gasteiger partial charge in [-0.2, -0.15) is 0 Å². The average molecular weight is 445 g/mol. The van der Waals surface area contributed by atoms with E-state index >= 15 is 0 Å². The molecular formula is C33H32O. The van der Waals surface area contributed by atoms with E-state index in [1.165, 1.54) is 63.8 Å². The molecule has 4 aromatic rings. The largest absolute Gasteiger partial charge is 0.508 e. The van der Waals surface area contributed by atoms with E-state index in [4.69, 9.17) is 0 Å². The molecule has 4 aromatic carbocycles. The van der Waals surface area contributed by atoms with Gasteiger partial charge in [0.2, 0.25) is 0 Å². The van der Waals surface area contributed by atoms with Crippen molar-refractivity contribution in [1.82, 2.24) is 0 Å². The summed E-state index contributed by atoms with van der Waals surface area (Å²) >= 11 is 0. The fourth-order valence-corrected chi connectivity index (χ4v) is 6.66. The lowest BCUT2D eigenvalue weighted by Gasteiger charge is -2.29. The number of aromatic hydroxyl groups is 1. The third-order valence-electron chi connectivity index (χ3n) is 8.26. The van der Waals surface area contributed by atoms with Crippen molar-refractivity contribution in [2.45, 2.75) is 44.9 Å². The van der Waals surface area contributed by atoms with Gasteiger partial charge in [0.15, 0.2) is 0 Å². The highest BCUT2D eigenvalue weighted by Gasteiger charge is 2.46. The van der Waals surface area contributed by atoms with Crippen LogP contribution in [0.3, 0.4) is 0 Å². The number of phenolic OH excluding ortho intramolecular Hbond substituents is 1. The third-order valence-corrected chi connectivity index (χ3v) is 8.26. The molecule has 2 aliphatic carbocycles. The summed E-state index contributed by atoms with van der Waals surface area (Å²) in [5.41, 5.74) is 10.8. The van der Waals surface area contributed by atoms with Crippen LogP contribution in [0.1, 0.15) is 53.4 Å². The summed E-state index contributed by atoms with van der Waals surface area (Å²) in [6.07, 6.45) is 3.85. The SMILES string of the molecule is Cc1cccc(-c2cc(-c3cccc(C)c3)cc(C3CC4CC3CC4c3ccc(O)cc3)c2)c1. The number of hydrogen-bond donors (Lipinski definition) is 1. The summed E-state index contributed by atoms with van der Waals surface area (Å²) in [4.78, 5) is 0. The second kappa shape index (κ2) is 8.47. The summed E-state index contributed by atoms with van der Waals surface area (Å²) in [5, 5.41) is 9.70. The first-order chi connectivity index (χ1) is 16.5. The second-order valence-corrected chi connectivity index (χ2v) is 10.6. The Morgan fingerprint density at radius 2 is 1.06 bits per heavy atom. The van der Waals surface area contributed by atoms with Gasteiger partial charge < -0.3 is 5.11 Å². The predicted octanol–water partition coefficient (Wildman–Crippen LogP) is 8.64. The Kier molecular flexibility index (Phi) is 5.29. The lowest BCUT2D eigenvalue weighted by molar-refractivity contribution is 0.375. The van der Waals surface area contributed by atoms with Gasteiger partial charge in [-0.3, -0.25) is 0 Å². The van der Waals surface area contributed by atoms with Crippen LogP contribution in [0.5, 0.6) is 5.75 Å². The minimum Gasteiger partial charge on any atom is -0.508 e. The van der Waals surface area contributed by atoms with Gasteiger partial charge in [0.05, 0.1) is 0 Å². The van der Waals surface area contributed by atoms with Crippen LogP contribution >= 0.6 is 0 Å². The zero-order valence-electron chi connectivity index (χ0n) is 20.0. The number of fused-ring (bicyclic) bond motifs is 2. The van der Waals surface area contributed by atoms with Crippen molar-refractivity contribution >= 4 is 0 Å². The Bertz CT molecular complexity index is 1270. The molecule has 1 N–H and O–H groups in total. The summed E-state index contributed by atoms with van der Waals surface area (Å²) < 4.78 is 0. The van der Waals surface area contributed by atoms with Crippen LogP contribution in [0, 0.1) is 25.7 Å². The molecule has 170 valence electrons. The van der Waals surface area contributed by atoms with Crippen molar-refractivity contribution < 1.29 is 5.11 Å². The molecule has 2 bridgehead atoms. The van der Waals surface area contributed by atoms with Crippen LogP contribution in [-0.2, 0) is 0 Å². The Hall–Kier alpha value is -3.32. The number of aryl methyl sites for hydroxylation is 2. The van der Waals surface area contributed by atoms with Crippen LogP contribution in [0.4, 0.5) is 0 Å². The van der Waals surface area contributed by atoms with Crippen LogP contribution in [-0.4, -0.2) is 5.11 Å². The molecule has 0 amide bonds. The summed E-state index contributed by atoms with van der Waals surface area (Å²) in [5.74, 6) is 3.11. The van der Waals surface area contributed by atoms with Crippen LogP contribution < -0.4 is 0 Å². The van der Waals surface area contributed by atoms with E-state index in [2.05, 4.69) is 92.7 Å². The average Bonchev–Trinajstić information content (AvgIpc) is 3.46. The maximum Gasteiger partial charge on any atom is 0.115 e. The topological polar surface area (TPSA) is 20.2 Å². The van der Waals surface area contributed by atoms with Crippen molar-refractivity contribution in [2.24, 2.45) is 11.8 Å². The van der Waals surface area contributed by atoms with Crippen molar-refractivity contribution in [3.05, 3.63) is 113 Å². The van der Waals surface area contributed by atoms with Gasteiger partial charge >= 0.3 is 0 Å². The summed E-state index contributed by atoms with van der Waals surface area (Å²) in [7, 11) is 0. The first-order valence-corrected chi connectivity index (χ1v) is 12.6. The van der Waals surface area contributed by atoms with E-state index < -0.39 is 0 Å². The van der Waals surface area contributed by atoms with E-state index in [1.54, 1.807) is 0 Å². The van der Waals surface area contributed by atoms with Gasteiger partial charge in [0.1, 0.15) is 5.75 Å². The molecule has 34 heavy (non-hydrogen) atoms. The number of hydrogen-bond acceptors (Lipinski definition) is 1. The maximum atomic E-state index is 9.70. The highest BCUT2D eigenvalue weighted by atomic mass is 16.3. The highest BCUT2D eigenvalue weighted by molar-refractivity contribution is 5.75. The smallest absolute Gasteiger partial charge is 0.115 e. The quantitative estimate of drug-likeness (QED) is 0.334. The fraction of sp³-hybridized carbons (Fsp3) is 0.273. The zero-order valence-corrected chi connectivity index (χ0v) is 20.0. The number of benzene rings is 4. The predicted molar refractivity (Wildman–Crippen MR) is 141 cm³/mol. The Balaban J connectivity index is 1.37. The van der Waals surface area contributed by atoms with Gasteiger partial charge in [-0.15, -0.1) is 0 Å². The first-order valence-electron chi connectivity index (χ1n) is 12.6. The molecule has 4 unspecified atom stereocenters. The van der Waals surface area contributed by atoms with Crippen molar-refractivity contribution in [1.29, 1.82) is 0 Å². The molecule has 2 fully saturated rings. The van der Waals surface area contributed by atoms with E-state index in [0.717, 1.165) is 11.8 Å². The molecule has 0 aliphatic heterocycles. The van der Waals surface area contributed by atoms with Crippen molar-refractivity contribution in [3.63, 3.8) is 0 Å². The monoisotopic (exact) mass is 444 g/mol. The minimum absolute atomic E-state index is 0.362. The third kappa shape index (κ3) is 3.94. The zero-order chi connectivity index (χ0) is 23.2. The Morgan fingerprint density at radius 3 is 1.56 bits per heavy atom. The van der Waals surface area contributed by atoms with Crippen LogP contribution in [0.25, 0.3) is 22.3 Å². The first kappa shape index (κ1) is 21.2. The van der Waals surface area contributed by atoms with Gasteiger partial charge in [-0.05, 0) is 108 Å². The molecule has 2 aliphatic rings. The fourth-order valence-electron chi connectivity index (χ4n) is 6.66. The molecule has 0 radical (unpaired) electrons. The molecule has 0 heterocycles. The number of phenols is 1. The molecule has 1 nitrogen and oxygen atoms in total. The van der Waals surface area contributed by atoms with Gasteiger partial charge in [0.25, 0.3) is 0 Å². The van der Waals surface area contributed by atoms with E-state index in [9.17, 15) is 5.11 Å². The van der Waals surface area contributed by atoms with E-state index in [0.29, 0.717) is 17.6 Å². The second-order valence-electron chi connectivity index (χ2n) is 10.6. The molecule has 0 saturated heterocycles. The van der Waals surface area contributed by atoms with Gasteiger partial charge in [0, 0.05) is 0 Å². The lowest BCUT2D eigenvalue weighted by Crippen LogP contribution is -2.15. The highest BCUT2D eigenvalue weighted by Crippen LogP contribution is 2.59. The lowest BCUT2D eigenvalue weighted by atomic mass is 9.75. The van der Waals surface area contributed by atoms with Gasteiger partial charge in [-0.1, -0.05) is 83.9 Å². The minimum atomic E-state index is 0.362. The normalized spacial score (nSPS) is 23.4. The van der Waals surface area contributed by atoms with Crippen molar-refractivity contribution in [2.75, 3.05) is 0 Å². The molecule has 0 aromatic heterocycles. The number of rotatable bonds is 4. The molecule has 1 heteroatoms. The maximum absolute atomic E-state index is 9.70. The molecule has 6 rings (SSSR count). The molecule has 4 atom stereocenters. The van der Waals surface area contributed by atoms with Crippen LogP contribution in [0.15, 0.2) is 91.0 Å². The van der Waals surface area contributed by atoms with Gasteiger partial charge in [-0.25, -0.2) is 0 Å².